The molecule has 0 aromatic heterocycles. The molecule has 0 saturated heterocycles. The van der Waals surface area contributed by atoms with Crippen LogP contribution in [0.5, 0.6) is 0 Å². The van der Waals surface area contributed by atoms with E-state index in [9.17, 15) is 13.2 Å². The molecular weight excluding hydrogens is 527 g/mol. The van der Waals surface area contributed by atoms with Crippen molar-refractivity contribution < 1.29 is 13.2 Å². The summed E-state index contributed by atoms with van der Waals surface area (Å²) in [6.07, 6.45) is 16.7. The van der Waals surface area contributed by atoms with E-state index >= 15 is 0 Å². The molecule has 4 aliphatic carbocycles. The first kappa shape index (κ1) is 28.6. The van der Waals surface area contributed by atoms with Crippen LogP contribution in [-0.2, 0) is 12.6 Å². The molecule has 2 aromatic carbocycles. The largest absolute Gasteiger partial charge is 0.416 e. The van der Waals surface area contributed by atoms with Gasteiger partial charge in [-0.3, -0.25) is 0 Å². The Morgan fingerprint density at radius 3 is 2.36 bits per heavy atom. The number of nitrogens with one attached hydrogen (secondary N) is 1. The molecule has 0 aliphatic heterocycles. The Balaban J connectivity index is 1.25. The van der Waals surface area contributed by atoms with Crippen LogP contribution in [0.25, 0.3) is 5.57 Å². The zero-order valence-corrected chi connectivity index (χ0v) is 24.3. The fourth-order valence-electron chi connectivity index (χ4n) is 7.27. The van der Waals surface area contributed by atoms with Crippen molar-refractivity contribution in [3.63, 3.8) is 0 Å². The Morgan fingerprint density at radius 1 is 0.905 bits per heavy atom. The molecular formula is C38H40F3N. The van der Waals surface area contributed by atoms with Gasteiger partial charge in [-0.2, -0.15) is 13.2 Å². The smallest absolute Gasteiger partial charge is 0.379 e. The minimum absolute atomic E-state index is 0.0755. The highest BCUT2D eigenvalue weighted by Crippen LogP contribution is 2.45. The van der Waals surface area contributed by atoms with Crippen LogP contribution in [0.3, 0.4) is 0 Å². The van der Waals surface area contributed by atoms with Crippen LogP contribution in [0.2, 0.25) is 0 Å². The van der Waals surface area contributed by atoms with E-state index in [2.05, 4.69) is 55.3 Å². The number of allylic oxidation sites excluding steroid dienone is 8. The van der Waals surface area contributed by atoms with Crippen molar-refractivity contribution in [1.29, 1.82) is 0 Å². The fourth-order valence-corrected chi connectivity index (χ4v) is 7.27. The topological polar surface area (TPSA) is 12.0 Å². The van der Waals surface area contributed by atoms with Crippen LogP contribution < -0.4 is 5.32 Å². The van der Waals surface area contributed by atoms with E-state index in [4.69, 9.17) is 0 Å². The third-order valence-corrected chi connectivity index (χ3v) is 9.73. The van der Waals surface area contributed by atoms with Crippen molar-refractivity contribution in [2.45, 2.75) is 64.1 Å². The second-order valence-electron chi connectivity index (χ2n) is 12.6. The first-order valence-corrected chi connectivity index (χ1v) is 15.4. The first-order chi connectivity index (χ1) is 20.3. The number of hydrogen-bond acceptors (Lipinski definition) is 1. The third-order valence-electron chi connectivity index (χ3n) is 9.73. The lowest BCUT2D eigenvalue weighted by Gasteiger charge is -2.35. The molecule has 3 unspecified atom stereocenters. The molecule has 4 aliphatic rings. The summed E-state index contributed by atoms with van der Waals surface area (Å²) in [6, 6.07) is 16.1. The molecule has 0 amide bonds. The average Bonchev–Trinajstić information content (AvgIpc) is 2.99. The van der Waals surface area contributed by atoms with E-state index in [-0.39, 0.29) is 18.4 Å². The number of alkyl halides is 3. The van der Waals surface area contributed by atoms with Crippen LogP contribution in [-0.4, -0.2) is 6.04 Å². The Hall–Kier alpha value is -3.53. The molecule has 4 heteroatoms. The molecule has 3 atom stereocenters. The summed E-state index contributed by atoms with van der Waals surface area (Å²) in [5.74, 6) is 2.02. The Kier molecular flexibility index (Phi) is 8.16. The highest BCUT2D eigenvalue weighted by atomic mass is 19.4. The van der Waals surface area contributed by atoms with E-state index in [0.29, 0.717) is 11.5 Å². The average molecular weight is 568 g/mol. The molecule has 1 saturated carbocycles. The van der Waals surface area contributed by atoms with Crippen LogP contribution >= 0.6 is 0 Å². The Morgan fingerprint density at radius 2 is 1.64 bits per heavy atom. The van der Waals surface area contributed by atoms with Crippen molar-refractivity contribution in [3.8, 4) is 0 Å². The highest BCUT2D eigenvalue weighted by molar-refractivity contribution is 5.85. The molecule has 42 heavy (non-hydrogen) atoms. The van der Waals surface area contributed by atoms with Gasteiger partial charge in [-0.1, -0.05) is 99.2 Å². The zero-order valence-electron chi connectivity index (χ0n) is 24.3. The van der Waals surface area contributed by atoms with Crippen molar-refractivity contribution in [1.82, 2.24) is 5.32 Å². The zero-order chi connectivity index (χ0) is 29.3. The lowest BCUT2D eigenvalue weighted by Crippen LogP contribution is -2.31. The maximum Gasteiger partial charge on any atom is 0.416 e. The monoisotopic (exact) mass is 567 g/mol. The van der Waals surface area contributed by atoms with Crippen LogP contribution in [0.4, 0.5) is 13.2 Å². The van der Waals surface area contributed by atoms with Gasteiger partial charge in [-0.25, -0.2) is 0 Å². The fraction of sp³-hybridized carbons (Fsp3) is 0.368. The SMILES string of the molecule is C=C1C(c2ccccc2)=CC2=CCC(NC3=CCC(C4CCC(C)CC4)C=C3)C=C2C1Cc1ccccc1C(F)(F)F. The molecule has 2 aromatic rings. The molecule has 0 spiro atoms. The van der Waals surface area contributed by atoms with E-state index in [1.54, 1.807) is 12.1 Å². The van der Waals surface area contributed by atoms with Crippen molar-refractivity contribution >= 4 is 5.57 Å². The number of hydrogen-bond donors (Lipinski definition) is 1. The predicted octanol–water partition coefficient (Wildman–Crippen LogP) is 10.0. The lowest BCUT2D eigenvalue weighted by atomic mass is 9.71. The molecule has 0 radical (unpaired) electrons. The van der Waals surface area contributed by atoms with E-state index < -0.39 is 11.7 Å². The van der Waals surface area contributed by atoms with Gasteiger partial charge < -0.3 is 5.32 Å². The number of fused-ring (bicyclic) bond motifs is 1. The second kappa shape index (κ2) is 12.0. The normalized spacial score (nSPS) is 27.8. The van der Waals surface area contributed by atoms with Crippen LogP contribution in [0, 0.1) is 23.7 Å². The lowest BCUT2D eigenvalue weighted by molar-refractivity contribution is -0.138. The standard InChI is InChI=1S/C38H40F3N/c1-25-12-14-27(15-13-25)28-16-19-32(20-17-28)42-33-21-18-30-22-34(29-8-4-3-5-9-29)26(2)35(36(30)24-33)23-31-10-6-7-11-37(31)38(39,40)41/h3-11,16,18-20,22,24-25,27-28,33,35,42H,2,12-15,17,21,23H2,1H3. The van der Waals surface area contributed by atoms with Gasteiger partial charge in [0.15, 0.2) is 0 Å². The molecule has 1 N–H and O–H groups in total. The summed E-state index contributed by atoms with van der Waals surface area (Å²) in [5.41, 5.74) is 5.94. The second-order valence-corrected chi connectivity index (χ2v) is 12.6. The third kappa shape index (κ3) is 6.14. The van der Waals surface area contributed by atoms with Crippen molar-refractivity contribution in [3.05, 3.63) is 137 Å². The maximum absolute atomic E-state index is 14.0. The number of rotatable bonds is 6. The van der Waals surface area contributed by atoms with Crippen LogP contribution in [0.1, 0.15) is 62.1 Å². The van der Waals surface area contributed by atoms with Gasteiger partial charge in [0.1, 0.15) is 0 Å². The summed E-state index contributed by atoms with van der Waals surface area (Å²) in [4.78, 5) is 0. The Labute approximate surface area is 248 Å². The van der Waals surface area contributed by atoms with Crippen LogP contribution in [0.15, 0.2) is 120 Å². The molecule has 6 rings (SSSR count). The van der Waals surface area contributed by atoms with E-state index in [0.717, 1.165) is 58.2 Å². The summed E-state index contributed by atoms with van der Waals surface area (Å²) >= 11 is 0. The Bertz CT molecular complexity index is 1460. The summed E-state index contributed by atoms with van der Waals surface area (Å²) in [7, 11) is 0. The maximum atomic E-state index is 14.0. The quantitative estimate of drug-likeness (QED) is 0.366. The summed E-state index contributed by atoms with van der Waals surface area (Å²) in [6.45, 7) is 6.84. The van der Waals surface area contributed by atoms with Gasteiger partial charge in [0, 0.05) is 17.7 Å². The van der Waals surface area contributed by atoms with Crippen molar-refractivity contribution in [2.24, 2.45) is 23.7 Å². The van der Waals surface area contributed by atoms with Gasteiger partial charge >= 0.3 is 6.18 Å². The van der Waals surface area contributed by atoms with Gasteiger partial charge in [0.2, 0.25) is 0 Å². The highest BCUT2D eigenvalue weighted by Gasteiger charge is 2.36. The number of halogens is 3. The molecule has 1 nitrogen and oxygen atoms in total. The van der Waals surface area contributed by atoms with E-state index in [1.165, 1.54) is 37.8 Å². The van der Waals surface area contributed by atoms with Gasteiger partial charge in [-0.15, -0.1) is 0 Å². The van der Waals surface area contributed by atoms with Gasteiger partial charge in [-0.05, 0) is 101 Å². The minimum atomic E-state index is -4.40. The van der Waals surface area contributed by atoms with Gasteiger partial charge in [0.05, 0.1) is 5.56 Å². The number of benzene rings is 2. The van der Waals surface area contributed by atoms with Crippen molar-refractivity contribution in [2.75, 3.05) is 0 Å². The summed E-state index contributed by atoms with van der Waals surface area (Å²) < 4.78 is 41.9. The minimum Gasteiger partial charge on any atom is -0.379 e. The van der Waals surface area contributed by atoms with E-state index in [1.807, 2.05) is 30.3 Å². The van der Waals surface area contributed by atoms with Gasteiger partial charge in [0.25, 0.3) is 0 Å². The molecule has 0 heterocycles. The summed E-state index contributed by atoms with van der Waals surface area (Å²) in [5, 5.41) is 3.72. The predicted molar refractivity (Wildman–Crippen MR) is 166 cm³/mol. The first-order valence-electron chi connectivity index (χ1n) is 15.4. The molecule has 0 bridgehead atoms. The molecule has 1 fully saturated rings. The molecule has 218 valence electrons.